The van der Waals surface area contributed by atoms with Crippen LogP contribution in [0.1, 0.15) is 35.7 Å². The zero-order valence-corrected chi connectivity index (χ0v) is 16.5. The minimum Gasteiger partial charge on any atom is -0.491 e. The van der Waals surface area contributed by atoms with Gasteiger partial charge in [-0.25, -0.2) is 4.79 Å². The van der Waals surface area contributed by atoms with Gasteiger partial charge < -0.3 is 19.9 Å². The molecule has 1 amide bonds. The lowest BCUT2D eigenvalue weighted by atomic mass is 10.2. The largest absolute Gasteiger partial charge is 0.491 e. The van der Waals surface area contributed by atoms with Gasteiger partial charge in [-0.1, -0.05) is 25.5 Å². The predicted molar refractivity (Wildman–Crippen MR) is 106 cm³/mol. The number of unbranched alkanes of at least 4 members (excludes halogenated alkanes) is 1. The molecule has 29 heavy (non-hydrogen) atoms. The Balaban J connectivity index is 1.70. The quantitative estimate of drug-likeness (QED) is 0.502. The van der Waals surface area contributed by atoms with Crippen LogP contribution in [0.2, 0.25) is 0 Å². The molecular weight excluding hydrogens is 376 g/mol. The van der Waals surface area contributed by atoms with E-state index in [0.29, 0.717) is 29.3 Å². The van der Waals surface area contributed by atoms with Crippen LogP contribution in [-0.2, 0) is 16.0 Å². The molecule has 0 saturated carbocycles. The summed E-state index contributed by atoms with van der Waals surface area (Å²) in [5.41, 5.74) is 6.91. The average Bonchev–Trinajstić information content (AvgIpc) is 3.04. The van der Waals surface area contributed by atoms with Gasteiger partial charge in [0.2, 0.25) is 5.91 Å². The van der Waals surface area contributed by atoms with Gasteiger partial charge in [-0.3, -0.25) is 9.69 Å². The fourth-order valence-electron chi connectivity index (χ4n) is 2.95. The number of para-hydroxylation sites is 1. The number of nitrogens with zero attached hydrogens (tertiary/aromatic N) is 3. The van der Waals surface area contributed by atoms with Gasteiger partial charge in [0.15, 0.2) is 0 Å². The second kappa shape index (κ2) is 9.22. The smallest absolute Gasteiger partial charge is 0.341 e. The van der Waals surface area contributed by atoms with Gasteiger partial charge in [-0.05, 0) is 18.6 Å². The summed E-state index contributed by atoms with van der Waals surface area (Å²) in [6, 6.07) is 6.92. The molecule has 0 bridgehead atoms. The summed E-state index contributed by atoms with van der Waals surface area (Å²) in [5.74, 6) is 0.444. The van der Waals surface area contributed by atoms with Crippen LogP contribution in [0.3, 0.4) is 0 Å². The van der Waals surface area contributed by atoms with Crippen molar-refractivity contribution < 1.29 is 23.8 Å². The Labute approximate surface area is 168 Å². The number of esters is 1. The summed E-state index contributed by atoms with van der Waals surface area (Å²) >= 11 is 0. The van der Waals surface area contributed by atoms with Crippen molar-refractivity contribution in [2.75, 3.05) is 37.5 Å². The van der Waals surface area contributed by atoms with Crippen molar-refractivity contribution in [1.29, 1.82) is 0 Å². The normalized spacial score (nSPS) is 12.6. The van der Waals surface area contributed by atoms with Crippen molar-refractivity contribution in [3.05, 3.63) is 35.4 Å². The fraction of sp³-hybridized carbons (Fsp3) is 0.400. The van der Waals surface area contributed by atoms with Gasteiger partial charge in [0.1, 0.15) is 29.6 Å². The van der Waals surface area contributed by atoms with Gasteiger partial charge in [-0.2, -0.15) is 9.97 Å². The lowest BCUT2D eigenvalue weighted by Crippen LogP contribution is -2.32. The first-order valence-corrected chi connectivity index (χ1v) is 9.44. The molecule has 1 aromatic carbocycles. The van der Waals surface area contributed by atoms with Crippen LogP contribution >= 0.6 is 0 Å². The van der Waals surface area contributed by atoms with Crippen LogP contribution in [0.25, 0.3) is 0 Å². The highest BCUT2D eigenvalue weighted by Gasteiger charge is 2.32. The fourth-order valence-corrected chi connectivity index (χ4v) is 2.95. The molecule has 2 aromatic rings. The number of ether oxygens (including phenoxy) is 3. The number of nitrogens with two attached hydrogens (primary N) is 1. The van der Waals surface area contributed by atoms with E-state index in [1.807, 2.05) is 0 Å². The highest BCUT2D eigenvalue weighted by atomic mass is 16.5. The molecule has 1 aromatic heterocycles. The second-order valence-electron chi connectivity index (χ2n) is 6.45. The molecule has 154 valence electrons. The lowest BCUT2D eigenvalue weighted by molar-refractivity contribution is -0.117. The van der Waals surface area contributed by atoms with Gasteiger partial charge >= 0.3 is 12.0 Å². The molecular formula is C20H24N4O5. The van der Waals surface area contributed by atoms with Gasteiger partial charge in [-0.15, -0.1) is 0 Å². The number of hydrogen-bond donors (Lipinski definition) is 1. The number of carbonyl (C=O) groups is 2. The summed E-state index contributed by atoms with van der Waals surface area (Å²) in [7, 11) is 1.31. The topological polar surface area (TPSA) is 117 Å². The van der Waals surface area contributed by atoms with E-state index in [1.165, 1.54) is 12.0 Å². The molecule has 9 nitrogen and oxygen atoms in total. The molecule has 0 fully saturated rings. The van der Waals surface area contributed by atoms with Gasteiger partial charge in [0, 0.05) is 5.56 Å². The maximum Gasteiger partial charge on any atom is 0.341 e. The van der Waals surface area contributed by atoms with E-state index < -0.39 is 5.97 Å². The molecule has 3 rings (SSSR count). The molecule has 1 aliphatic heterocycles. The number of amides is 1. The predicted octanol–water partition coefficient (Wildman–Crippen LogP) is 1.99. The maximum atomic E-state index is 12.5. The second-order valence-corrected chi connectivity index (χ2v) is 6.45. The summed E-state index contributed by atoms with van der Waals surface area (Å²) < 4.78 is 16.0. The third-order valence-electron chi connectivity index (χ3n) is 4.48. The standard InChI is InChI=1S/C20H24N4O5/c1-3-4-10-29-20-22-17(21)14-12-16(25)24(18(14)23-20)9-11-28-15-8-6-5-7-13(15)19(26)27-2/h5-8H,3-4,9-12H2,1-2H3,(H2,21,22,23). The Morgan fingerprint density at radius 1 is 1.21 bits per heavy atom. The highest BCUT2D eigenvalue weighted by Crippen LogP contribution is 2.32. The van der Waals surface area contributed by atoms with Crippen molar-refractivity contribution >= 4 is 23.5 Å². The maximum absolute atomic E-state index is 12.5. The SMILES string of the molecule is CCCCOc1nc(N)c2c(n1)N(CCOc1ccccc1C(=O)OC)C(=O)C2. The van der Waals surface area contributed by atoms with Crippen LogP contribution in [0.15, 0.2) is 24.3 Å². The first kappa shape index (κ1) is 20.4. The molecule has 9 heteroatoms. The van der Waals surface area contributed by atoms with E-state index >= 15 is 0 Å². The lowest BCUT2D eigenvalue weighted by Gasteiger charge is -2.18. The van der Waals surface area contributed by atoms with Crippen LogP contribution < -0.4 is 20.1 Å². The van der Waals surface area contributed by atoms with E-state index in [-0.39, 0.29) is 37.3 Å². The summed E-state index contributed by atoms with van der Waals surface area (Å²) in [4.78, 5) is 34.3. The van der Waals surface area contributed by atoms with E-state index in [4.69, 9.17) is 19.9 Å². The number of hydrogen-bond acceptors (Lipinski definition) is 8. The Morgan fingerprint density at radius 2 is 2.00 bits per heavy atom. The molecule has 0 radical (unpaired) electrons. The first-order valence-electron chi connectivity index (χ1n) is 9.44. The Bertz CT molecular complexity index is 902. The number of aromatic nitrogens is 2. The van der Waals surface area contributed by atoms with Crippen molar-refractivity contribution in [3.8, 4) is 11.8 Å². The molecule has 0 spiro atoms. The van der Waals surface area contributed by atoms with Crippen molar-refractivity contribution in [3.63, 3.8) is 0 Å². The monoisotopic (exact) mass is 400 g/mol. The molecule has 0 saturated heterocycles. The minimum atomic E-state index is -0.488. The van der Waals surface area contributed by atoms with E-state index in [2.05, 4.69) is 16.9 Å². The Kier molecular flexibility index (Phi) is 6.48. The van der Waals surface area contributed by atoms with E-state index in [9.17, 15) is 9.59 Å². The van der Waals surface area contributed by atoms with Crippen LogP contribution in [0.5, 0.6) is 11.8 Å². The number of methoxy groups -OCH3 is 1. The molecule has 2 N–H and O–H groups in total. The van der Waals surface area contributed by atoms with Crippen LogP contribution in [0, 0.1) is 0 Å². The van der Waals surface area contributed by atoms with Gasteiger partial charge in [0.05, 0.1) is 26.7 Å². The number of anilines is 2. The number of benzene rings is 1. The van der Waals surface area contributed by atoms with Crippen molar-refractivity contribution in [2.45, 2.75) is 26.2 Å². The summed E-state index contributed by atoms with van der Waals surface area (Å²) in [6.07, 6.45) is 1.99. The van der Waals surface area contributed by atoms with E-state index in [0.717, 1.165) is 12.8 Å². The minimum absolute atomic E-state index is 0.134. The van der Waals surface area contributed by atoms with Gasteiger partial charge in [0.25, 0.3) is 0 Å². The zero-order chi connectivity index (χ0) is 20.8. The molecule has 0 aliphatic carbocycles. The third kappa shape index (κ3) is 4.56. The molecule has 0 unspecified atom stereocenters. The first-order chi connectivity index (χ1) is 14.0. The Morgan fingerprint density at radius 3 is 2.76 bits per heavy atom. The highest BCUT2D eigenvalue weighted by molar-refractivity contribution is 6.01. The van der Waals surface area contributed by atoms with Crippen LogP contribution in [0.4, 0.5) is 11.6 Å². The summed E-state index contributed by atoms with van der Waals surface area (Å²) in [5, 5.41) is 0. The molecule has 0 atom stereocenters. The zero-order valence-electron chi connectivity index (χ0n) is 16.5. The number of rotatable bonds is 9. The average molecular weight is 400 g/mol. The number of fused-ring (bicyclic) bond motifs is 1. The van der Waals surface area contributed by atoms with Crippen molar-refractivity contribution in [1.82, 2.24) is 9.97 Å². The van der Waals surface area contributed by atoms with Crippen LogP contribution in [-0.4, -0.2) is 48.7 Å². The van der Waals surface area contributed by atoms with Crippen molar-refractivity contribution in [2.24, 2.45) is 0 Å². The summed E-state index contributed by atoms with van der Waals surface area (Å²) in [6.45, 7) is 2.94. The van der Waals surface area contributed by atoms with E-state index in [1.54, 1.807) is 24.3 Å². The number of carbonyl (C=O) groups excluding carboxylic acids is 2. The third-order valence-corrected chi connectivity index (χ3v) is 4.48. The Hall–Kier alpha value is -3.36. The molecule has 2 heterocycles. The number of nitrogen functional groups attached to an aromatic ring is 1. The molecule has 1 aliphatic rings.